The van der Waals surface area contributed by atoms with Gasteiger partial charge in [-0.1, -0.05) is 35.5 Å². The quantitative estimate of drug-likeness (QED) is 0.157. The first-order valence-corrected chi connectivity index (χ1v) is 18.4. The first kappa shape index (κ1) is 36.2. The molecular weight excluding hydrogens is 711 g/mol. The monoisotopic (exact) mass is 751 g/mol. The van der Waals surface area contributed by atoms with Crippen LogP contribution in [0.3, 0.4) is 0 Å². The van der Waals surface area contributed by atoms with E-state index in [2.05, 4.69) is 36.8 Å². The van der Waals surface area contributed by atoms with Crippen molar-refractivity contribution in [2.75, 3.05) is 32.6 Å². The van der Waals surface area contributed by atoms with Crippen LogP contribution in [0.25, 0.3) is 39.1 Å². The van der Waals surface area contributed by atoms with Crippen LogP contribution in [-0.4, -0.2) is 84.6 Å². The van der Waals surface area contributed by atoms with Crippen LogP contribution in [0.5, 0.6) is 5.75 Å². The number of methoxy groups -OCH3 is 2. The Balaban J connectivity index is 0.937. The lowest BCUT2D eigenvalue weighted by Gasteiger charge is -2.39. The molecule has 1 aliphatic heterocycles. The van der Waals surface area contributed by atoms with Gasteiger partial charge in [0.2, 0.25) is 5.91 Å². The summed E-state index contributed by atoms with van der Waals surface area (Å²) in [5, 5.41) is 17.1. The number of hydrogen-bond acceptors (Lipinski definition) is 9. The summed E-state index contributed by atoms with van der Waals surface area (Å²) >= 11 is 0. The highest BCUT2D eigenvalue weighted by Gasteiger charge is 2.46. The van der Waals surface area contributed by atoms with E-state index in [1.807, 2.05) is 79.4 Å². The third kappa shape index (κ3) is 6.63. The number of nitrogens with one attached hydrogen (secondary N) is 2. The predicted octanol–water partition coefficient (Wildman–Crippen LogP) is 6.14. The molecule has 5 heterocycles. The molecule has 8 rings (SSSR count). The second-order valence-corrected chi connectivity index (χ2v) is 14.1. The van der Waals surface area contributed by atoms with Crippen LogP contribution in [-0.2, 0) is 26.3 Å². The van der Waals surface area contributed by atoms with E-state index < -0.39 is 11.5 Å². The van der Waals surface area contributed by atoms with E-state index in [0.717, 1.165) is 50.4 Å². The SMILES string of the molecule is COC(=O)C1(n2cc(-c3ccc(NC(=O)c4cnn5c(C)cc(C)nc45)cc3)nn2)CCN(C(=O)CCc2c(-c3ccc(OC)cc3)[nH]c3ccccc23)CC1. The minimum atomic E-state index is -1.12. The van der Waals surface area contributed by atoms with Gasteiger partial charge in [0.05, 0.1) is 26.6 Å². The van der Waals surface area contributed by atoms with Gasteiger partial charge in [0.25, 0.3) is 5.91 Å². The summed E-state index contributed by atoms with van der Waals surface area (Å²) in [6.07, 6.45) is 4.75. The van der Waals surface area contributed by atoms with Crippen LogP contribution in [0.2, 0.25) is 0 Å². The van der Waals surface area contributed by atoms with Crippen molar-refractivity contribution in [2.24, 2.45) is 0 Å². The molecule has 0 atom stereocenters. The molecule has 0 bridgehead atoms. The number of aryl methyl sites for hydroxylation is 3. The predicted molar refractivity (Wildman–Crippen MR) is 210 cm³/mol. The molecule has 14 heteroatoms. The maximum Gasteiger partial charge on any atom is 0.334 e. The molecule has 0 radical (unpaired) electrons. The number of esters is 1. The van der Waals surface area contributed by atoms with Crippen LogP contribution in [0.1, 0.15) is 46.6 Å². The van der Waals surface area contributed by atoms with E-state index in [1.165, 1.54) is 13.3 Å². The molecule has 0 aliphatic carbocycles. The average Bonchev–Trinajstić information content (AvgIpc) is 3.98. The molecule has 0 spiro atoms. The number of fused-ring (bicyclic) bond motifs is 2. The molecular formula is C42H41N9O5. The largest absolute Gasteiger partial charge is 0.497 e. The number of hydrogen-bond donors (Lipinski definition) is 2. The Hall–Kier alpha value is -6.83. The Morgan fingerprint density at radius 1 is 0.929 bits per heavy atom. The Morgan fingerprint density at radius 2 is 1.66 bits per heavy atom. The van der Waals surface area contributed by atoms with E-state index >= 15 is 0 Å². The topological polar surface area (TPSA) is 162 Å². The molecule has 284 valence electrons. The first-order valence-electron chi connectivity index (χ1n) is 18.4. The Morgan fingerprint density at radius 3 is 2.39 bits per heavy atom. The molecule has 0 saturated carbocycles. The molecule has 3 aromatic carbocycles. The highest BCUT2D eigenvalue weighted by atomic mass is 16.5. The zero-order valence-corrected chi connectivity index (χ0v) is 31.6. The normalized spacial score (nSPS) is 13.9. The highest BCUT2D eigenvalue weighted by molar-refractivity contribution is 6.08. The van der Waals surface area contributed by atoms with E-state index in [9.17, 15) is 14.4 Å². The Kier molecular flexibility index (Phi) is 9.54. The van der Waals surface area contributed by atoms with Crippen molar-refractivity contribution in [3.63, 3.8) is 0 Å². The zero-order chi connectivity index (χ0) is 39.0. The first-order chi connectivity index (χ1) is 27.2. The fourth-order valence-electron chi connectivity index (χ4n) is 7.66. The fraction of sp³-hybridized carbons (Fsp3) is 0.262. The third-order valence-corrected chi connectivity index (χ3v) is 10.7. The second kappa shape index (κ2) is 14.8. The Labute approximate surface area is 322 Å². The summed E-state index contributed by atoms with van der Waals surface area (Å²) in [6, 6.07) is 25.1. The number of benzene rings is 3. The maximum atomic E-state index is 13.7. The van der Waals surface area contributed by atoms with Crippen molar-refractivity contribution in [1.82, 2.24) is 39.5 Å². The zero-order valence-electron chi connectivity index (χ0n) is 31.6. The summed E-state index contributed by atoms with van der Waals surface area (Å²) < 4.78 is 13.9. The van der Waals surface area contributed by atoms with E-state index in [4.69, 9.17) is 9.47 Å². The molecule has 7 aromatic rings. The molecule has 2 amide bonds. The summed E-state index contributed by atoms with van der Waals surface area (Å²) in [6.45, 7) is 4.51. The van der Waals surface area contributed by atoms with Crippen molar-refractivity contribution >= 4 is 40.0 Å². The number of aromatic nitrogens is 7. The number of likely N-dealkylation sites (tertiary alicyclic amines) is 1. The van der Waals surface area contributed by atoms with E-state index in [-0.39, 0.29) is 11.8 Å². The number of carbonyl (C=O) groups is 3. The van der Waals surface area contributed by atoms with Crippen LogP contribution in [0.4, 0.5) is 5.69 Å². The second-order valence-electron chi connectivity index (χ2n) is 14.1. The lowest BCUT2D eigenvalue weighted by molar-refractivity contribution is -0.157. The number of para-hydroxylation sites is 1. The smallest absolute Gasteiger partial charge is 0.334 e. The van der Waals surface area contributed by atoms with Gasteiger partial charge in [-0.3, -0.25) is 9.59 Å². The lowest BCUT2D eigenvalue weighted by Crippen LogP contribution is -2.53. The number of aromatic amines is 1. The number of amides is 2. The minimum absolute atomic E-state index is 0.0176. The van der Waals surface area contributed by atoms with Gasteiger partial charge in [-0.25, -0.2) is 19.0 Å². The van der Waals surface area contributed by atoms with Gasteiger partial charge in [-0.05, 0) is 79.9 Å². The molecule has 4 aromatic heterocycles. The summed E-state index contributed by atoms with van der Waals surface area (Å²) in [5.41, 5.74) is 7.40. The van der Waals surface area contributed by atoms with Gasteiger partial charge in [0.1, 0.15) is 17.0 Å². The minimum Gasteiger partial charge on any atom is -0.497 e. The number of anilines is 1. The van der Waals surface area contributed by atoms with Crippen molar-refractivity contribution in [2.45, 2.75) is 45.1 Å². The van der Waals surface area contributed by atoms with Crippen molar-refractivity contribution < 1.29 is 23.9 Å². The van der Waals surface area contributed by atoms with Gasteiger partial charge in [0.15, 0.2) is 11.2 Å². The highest BCUT2D eigenvalue weighted by Crippen LogP contribution is 2.35. The Bertz CT molecular complexity index is 2580. The third-order valence-electron chi connectivity index (χ3n) is 10.7. The number of rotatable bonds is 10. The van der Waals surface area contributed by atoms with E-state index in [1.54, 1.807) is 34.6 Å². The maximum absolute atomic E-state index is 13.7. The van der Waals surface area contributed by atoms with Gasteiger partial charge >= 0.3 is 5.97 Å². The van der Waals surface area contributed by atoms with Crippen molar-refractivity contribution in [3.8, 4) is 28.3 Å². The molecule has 2 N–H and O–H groups in total. The summed E-state index contributed by atoms with van der Waals surface area (Å²) in [5.74, 6) is 0.0356. The van der Waals surface area contributed by atoms with Crippen LogP contribution in [0.15, 0.2) is 91.3 Å². The average molecular weight is 752 g/mol. The number of nitrogens with zero attached hydrogens (tertiary/aromatic N) is 7. The van der Waals surface area contributed by atoms with Crippen molar-refractivity contribution in [3.05, 3.63) is 114 Å². The van der Waals surface area contributed by atoms with Crippen LogP contribution >= 0.6 is 0 Å². The number of H-pyrrole nitrogens is 1. The number of ether oxygens (including phenoxy) is 2. The molecule has 1 fully saturated rings. The van der Waals surface area contributed by atoms with Gasteiger partial charge in [0, 0.05) is 71.6 Å². The van der Waals surface area contributed by atoms with Gasteiger partial charge in [-0.15, -0.1) is 5.10 Å². The number of carbonyl (C=O) groups excluding carboxylic acids is 3. The van der Waals surface area contributed by atoms with Gasteiger partial charge < -0.3 is 24.7 Å². The molecule has 0 unspecified atom stereocenters. The molecule has 1 aliphatic rings. The number of piperidine rings is 1. The molecule has 14 nitrogen and oxygen atoms in total. The van der Waals surface area contributed by atoms with Gasteiger partial charge in [-0.2, -0.15) is 5.10 Å². The lowest BCUT2D eigenvalue weighted by atomic mass is 9.87. The van der Waals surface area contributed by atoms with E-state index in [0.29, 0.717) is 61.4 Å². The standard InChI is InChI=1S/C42H41N9O5/c1-26-23-27(2)51-39(44-26)34(24-43-51)40(53)45-30-13-9-28(10-14-30)36-25-50(48-47-36)42(41(54)56-4)19-21-49(22-20-42)37(52)18-17-33-32-7-5-6-8-35(32)46-38(33)29-11-15-31(55-3)16-12-29/h5-16,23-25,46H,17-22H2,1-4H3,(H,45,53). The fourth-order valence-corrected chi connectivity index (χ4v) is 7.66. The summed E-state index contributed by atoms with van der Waals surface area (Å²) in [7, 11) is 3.00. The molecule has 56 heavy (non-hydrogen) atoms. The summed E-state index contributed by atoms with van der Waals surface area (Å²) in [4.78, 5) is 50.1. The van der Waals surface area contributed by atoms with Crippen LogP contribution in [0, 0.1) is 13.8 Å². The van der Waals surface area contributed by atoms with Crippen molar-refractivity contribution in [1.29, 1.82) is 0 Å². The van der Waals surface area contributed by atoms with Crippen LogP contribution < -0.4 is 10.1 Å². The molecule has 1 saturated heterocycles.